The Morgan fingerprint density at radius 3 is 2.48 bits per heavy atom. The molecule has 0 bridgehead atoms. The summed E-state index contributed by atoms with van der Waals surface area (Å²) in [4.78, 5) is 27.9. The summed E-state index contributed by atoms with van der Waals surface area (Å²) in [5.41, 5.74) is 3.92. The summed E-state index contributed by atoms with van der Waals surface area (Å²) in [6, 6.07) is 11.2. The van der Waals surface area contributed by atoms with Crippen LogP contribution in [0.3, 0.4) is 0 Å². The summed E-state index contributed by atoms with van der Waals surface area (Å²) in [6.07, 6.45) is 4.79. The van der Waals surface area contributed by atoms with Crippen LogP contribution in [0.5, 0.6) is 11.5 Å². The van der Waals surface area contributed by atoms with Crippen molar-refractivity contribution in [2.75, 3.05) is 32.6 Å². The molecule has 0 aromatic heterocycles. The van der Waals surface area contributed by atoms with Gasteiger partial charge in [0, 0.05) is 24.7 Å². The van der Waals surface area contributed by atoms with Crippen molar-refractivity contribution in [1.29, 1.82) is 0 Å². The average Bonchev–Trinajstić information content (AvgIpc) is 3.36. The fourth-order valence-electron chi connectivity index (χ4n) is 4.94. The minimum absolute atomic E-state index is 0.0769. The van der Waals surface area contributed by atoms with Gasteiger partial charge in [-0.25, -0.2) is 4.79 Å². The molecule has 0 radical (unpaired) electrons. The Bertz CT molecular complexity index is 1020. The highest BCUT2D eigenvalue weighted by molar-refractivity contribution is 5.90. The minimum Gasteiger partial charge on any atom is -0.493 e. The van der Waals surface area contributed by atoms with Gasteiger partial charge in [-0.3, -0.25) is 4.79 Å². The van der Waals surface area contributed by atoms with E-state index < -0.39 is 0 Å². The summed E-state index contributed by atoms with van der Waals surface area (Å²) in [5, 5.41) is 6.15. The fourth-order valence-corrected chi connectivity index (χ4v) is 4.94. The van der Waals surface area contributed by atoms with Gasteiger partial charge in [-0.1, -0.05) is 25.0 Å². The molecule has 1 saturated carbocycles. The van der Waals surface area contributed by atoms with Crippen molar-refractivity contribution in [3.8, 4) is 11.5 Å². The molecule has 1 aliphatic heterocycles. The van der Waals surface area contributed by atoms with Crippen molar-refractivity contribution < 1.29 is 19.1 Å². The summed E-state index contributed by atoms with van der Waals surface area (Å²) < 4.78 is 11.0. The molecule has 33 heavy (non-hydrogen) atoms. The number of methoxy groups -OCH3 is 2. The van der Waals surface area contributed by atoms with Crippen molar-refractivity contribution in [2.45, 2.75) is 45.1 Å². The average molecular weight is 452 g/mol. The number of urea groups is 1. The molecule has 1 atom stereocenters. The lowest BCUT2D eigenvalue weighted by Gasteiger charge is -2.38. The number of carbonyl (C=O) groups excluding carboxylic acids is 2. The number of nitrogens with zero attached hydrogens (tertiary/aromatic N) is 1. The van der Waals surface area contributed by atoms with Crippen LogP contribution in [0.15, 0.2) is 36.4 Å². The van der Waals surface area contributed by atoms with Gasteiger partial charge in [0.25, 0.3) is 0 Å². The third-order valence-electron chi connectivity index (χ3n) is 6.73. The van der Waals surface area contributed by atoms with Gasteiger partial charge in [0.15, 0.2) is 11.5 Å². The third kappa shape index (κ3) is 5.07. The molecule has 1 fully saturated rings. The van der Waals surface area contributed by atoms with Gasteiger partial charge < -0.3 is 25.0 Å². The second-order valence-corrected chi connectivity index (χ2v) is 8.89. The van der Waals surface area contributed by atoms with Crippen LogP contribution in [0.25, 0.3) is 0 Å². The maximum atomic E-state index is 13.3. The van der Waals surface area contributed by atoms with E-state index in [4.69, 9.17) is 9.47 Å². The highest BCUT2D eigenvalue weighted by Gasteiger charge is 2.33. The van der Waals surface area contributed by atoms with Gasteiger partial charge in [0.1, 0.15) is 0 Å². The summed E-state index contributed by atoms with van der Waals surface area (Å²) >= 11 is 0. The topological polar surface area (TPSA) is 79.9 Å². The fraction of sp³-hybridized carbons (Fsp3) is 0.462. The van der Waals surface area contributed by atoms with Gasteiger partial charge in [-0.2, -0.15) is 0 Å². The number of nitrogens with one attached hydrogen (secondary N) is 2. The molecule has 0 spiro atoms. The number of fused-ring (bicyclic) bond motifs is 1. The van der Waals surface area contributed by atoms with E-state index >= 15 is 0 Å². The normalized spacial score (nSPS) is 17.9. The molecule has 0 saturated heterocycles. The first-order valence-electron chi connectivity index (χ1n) is 11.7. The van der Waals surface area contributed by atoms with E-state index in [1.807, 2.05) is 48.2 Å². The monoisotopic (exact) mass is 451 g/mol. The van der Waals surface area contributed by atoms with E-state index in [1.54, 1.807) is 14.2 Å². The Hall–Kier alpha value is -3.22. The molecule has 2 aromatic carbocycles. The van der Waals surface area contributed by atoms with Crippen LogP contribution in [0.4, 0.5) is 10.5 Å². The van der Waals surface area contributed by atoms with Crippen molar-refractivity contribution in [3.05, 3.63) is 53.1 Å². The lowest BCUT2D eigenvalue weighted by Crippen LogP contribution is -2.47. The number of amides is 3. The van der Waals surface area contributed by atoms with E-state index in [0.717, 1.165) is 48.1 Å². The number of ether oxygens (including phenoxy) is 2. The first-order valence-corrected chi connectivity index (χ1v) is 11.7. The number of hydrogen-bond acceptors (Lipinski definition) is 4. The van der Waals surface area contributed by atoms with E-state index in [0.29, 0.717) is 31.0 Å². The highest BCUT2D eigenvalue weighted by Crippen LogP contribution is 2.38. The predicted octanol–water partition coefficient (Wildman–Crippen LogP) is 4.45. The molecule has 1 heterocycles. The van der Waals surface area contributed by atoms with Crippen LogP contribution < -0.4 is 20.1 Å². The minimum atomic E-state index is -0.302. The number of benzene rings is 2. The first-order chi connectivity index (χ1) is 16.0. The zero-order chi connectivity index (χ0) is 23.4. The lowest BCUT2D eigenvalue weighted by molar-refractivity contribution is -0.125. The van der Waals surface area contributed by atoms with Crippen molar-refractivity contribution >= 4 is 17.6 Å². The number of aryl methyl sites for hydroxylation is 1. The van der Waals surface area contributed by atoms with Crippen LogP contribution >= 0.6 is 0 Å². The van der Waals surface area contributed by atoms with Crippen molar-refractivity contribution in [1.82, 2.24) is 10.2 Å². The van der Waals surface area contributed by atoms with Gasteiger partial charge in [0.2, 0.25) is 5.91 Å². The van der Waals surface area contributed by atoms with Gasteiger partial charge in [0.05, 0.1) is 20.3 Å². The molecular formula is C26H33N3O4. The Labute approximate surface area is 195 Å². The number of rotatable bonds is 6. The zero-order valence-electron chi connectivity index (χ0n) is 19.6. The lowest BCUT2D eigenvalue weighted by atomic mass is 9.91. The zero-order valence-corrected chi connectivity index (χ0v) is 19.6. The molecule has 176 valence electrons. The molecule has 2 aromatic rings. The Morgan fingerprint density at radius 2 is 1.79 bits per heavy atom. The molecule has 1 unspecified atom stereocenters. The largest absolute Gasteiger partial charge is 0.493 e. The molecule has 7 heteroatoms. The smallest absolute Gasteiger partial charge is 0.322 e. The van der Waals surface area contributed by atoms with Crippen LogP contribution in [-0.4, -0.2) is 44.1 Å². The summed E-state index contributed by atoms with van der Waals surface area (Å²) in [6.45, 7) is 2.90. The molecule has 4 rings (SSSR count). The van der Waals surface area contributed by atoms with Gasteiger partial charge in [-0.15, -0.1) is 0 Å². The Morgan fingerprint density at radius 1 is 1.06 bits per heavy atom. The maximum Gasteiger partial charge on any atom is 0.322 e. The van der Waals surface area contributed by atoms with Gasteiger partial charge >= 0.3 is 6.03 Å². The molecule has 1 aliphatic carbocycles. The predicted molar refractivity (Wildman–Crippen MR) is 128 cm³/mol. The van der Waals surface area contributed by atoms with Crippen LogP contribution in [0.2, 0.25) is 0 Å². The van der Waals surface area contributed by atoms with E-state index in [9.17, 15) is 9.59 Å². The quantitative estimate of drug-likeness (QED) is 0.680. The van der Waals surface area contributed by atoms with Crippen LogP contribution in [0.1, 0.15) is 48.4 Å². The molecular weight excluding hydrogens is 418 g/mol. The second-order valence-electron chi connectivity index (χ2n) is 8.89. The van der Waals surface area contributed by atoms with E-state index in [-0.39, 0.29) is 23.9 Å². The number of carbonyl (C=O) groups is 2. The molecule has 3 amide bonds. The van der Waals surface area contributed by atoms with E-state index in [2.05, 4.69) is 10.6 Å². The molecule has 7 nitrogen and oxygen atoms in total. The van der Waals surface area contributed by atoms with Crippen LogP contribution in [0, 0.1) is 12.8 Å². The summed E-state index contributed by atoms with van der Waals surface area (Å²) in [5.74, 6) is 1.44. The summed E-state index contributed by atoms with van der Waals surface area (Å²) in [7, 11) is 3.22. The molecule has 2 aliphatic rings. The van der Waals surface area contributed by atoms with Crippen molar-refractivity contribution in [3.63, 3.8) is 0 Å². The van der Waals surface area contributed by atoms with Crippen LogP contribution in [-0.2, 0) is 11.2 Å². The van der Waals surface area contributed by atoms with E-state index in [1.165, 1.54) is 0 Å². The second kappa shape index (κ2) is 10.1. The number of anilines is 1. The SMILES string of the molecule is COc1cc2c(cc1OC)C(CNC(=O)C1CCCC1)N(C(=O)Nc1cccc(C)c1)CC2. The molecule has 2 N–H and O–H groups in total. The third-order valence-corrected chi connectivity index (χ3v) is 6.73. The highest BCUT2D eigenvalue weighted by atomic mass is 16.5. The maximum absolute atomic E-state index is 13.3. The number of hydrogen-bond donors (Lipinski definition) is 2. The van der Waals surface area contributed by atoms with Crippen molar-refractivity contribution in [2.24, 2.45) is 5.92 Å². The Balaban J connectivity index is 1.60. The Kier molecular flexibility index (Phi) is 7.06. The first kappa shape index (κ1) is 23.0. The van der Waals surface area contributed by atoms with Gasteiger partial charge in [-0.05, 0) is 67.1 Å². The standard InChI is InChI=1S/C26H33N3O4/c1-17-7-6-10-20(13-17)28-26(31)29-12-11-19-14-23(32-2)24(33-3)15-21(19)22(29)16-27-25(30)18-8-4-5-9-18/h6-7,10,13-15,18,22H,4-5,8-9,11-12,16H2,1-3H3,(H,27,30)(H,28,31).